The van der Waals surface area contributed by atoms with Crippen LogP contribution >= 0.6 is 0 Å². The summed E-state index contributed by atoms with van der Waals surface area (Å²) in [5.74, 6) is -3.01. The molecule has 5 heteroatoms. The summed E-state index contributed by atoms with van der Waals surface area (Å²) in [7, 11) is 1.63. The van der Waals surface area contributed by atoms with Gasteiger partial charge in [-0.1, -0.05) is 18.2 Å². The van der Waals surface area contributed by atoms with Gasteiger partial charge < -0.3 is 14.8 Å². The van der Waals surface area contributed by atoms with Crippen LogP contribution in [-0.2, 0) is 11.8 Å². The molecule has 18 heavy (non-hydrogen) atoms. The summed E-state index contributed by atoms with van der Waals surface area (Å²) in [4.78, 5) is 22.5. The number of carbonyl (C=O) groups is 2. The van der Waals surface area contributed by atoms with Crippen molar-refractivity contribution in [2.24, 2.45) is 7.05 Å². The van der Waals surface area contributed by atoms with E-state index in [2.05, 4.69) is 0 Å². The molecular formula is C13H13NO4. The fourth-order valence-electron chi connectivity index (χ4n) is 2.24. The highest BCUT2D eigenvalue weighted by Gasteiger charge is 2.27. The quantitative estimate of drug-likeness (QED) is 0.870. The minimum absolute atomic E-state index is 0.0334. The first-order chi connectivity index (χ1) is 8.45. The number of aliphatic carboxylic acids is 1. The zero-order valence-electron chi connectivity index (χ0n) is 10.0. The van der Waals surface area contributed by atoms with Crippen LogP contribution < -0.4 is 0 Å². The summed E-state index contributed by atoms with van der Waals surface area (Å²) < 4.78 is 1.52. The summed E-state index contributed by atoms with van der Waals surface area (Å²) in [6.07, 6.45) is 0. The molecule has 0 aliphatic heterocycles. The molecule has 0 fully saturated rings. The molecule has 1 aromatic heterocycles. The predicted octanol–water partition coefficient (Wildman–Crippen LogP) is 2.06. The average molecular weight is 247 g/mol. The van der Waals surface area contributed by atoms with E-state index >= 15 is 0 Å². The molecule has 0 aliphatic rings. The molecule has 0 saturated heterocycles. The SMILES string of the molecule is CC(C(=O)O)c1c(C(=O)O)n(C)c2ccccc12. The highest BCUT2D eigenvalue weighted by atomic mass is 16.4. The molecule has 0 aliphatic carbocycles. The Morgan fingerprint density at radius 1 is 1.22 bits per heavy atom. The van der Waals surface area contributed by atoms with Gasteiger partial charge >= 0.3 is 11.9 Å². The van der Waals surface area contributed by atoms with E-state index in [1.54, 1.807) is 31.3 Å². The van der Waals surface area contributed by atoms with Gasteiger partial charge in [-0.25, -0.2) is 4.79 Å². The van der Waals surface area contributed by atoms with Crippen molar-refractivity contribution >= 4 is 22.8 Å². The third-order valence-electron chi connectivity index (χ3n) is 3.15. The first-order valence-electron chi connectivity index (χ1n) is 5.48. The predicted molar refractivity (Wildman–Crippen MR) is 65.9 cm³/mol. The number of nitrogens with zero attached hydrogens (tertiary/aromatic N) is 1. The molecular weight excluding hydrogens is 234 g/mol. The Kier molecular flexibility index (Phi) is 2.82. The van der Waals surface area contributed by atoms with Crippen LogP contribution in [0.25, 0.3) is 10.9 Å². The van der Waals surface area contributed by atoms with Crippen LogP contribution in [0, 0.1) is 0 Å². The molecule has 2 N–H and O–H groups in total. The Labute approximate surface area is 103 Å². The van der Waals surface area contributed by atoms with Crippen LogP contribution in [0.15, 0.2) is 24.3 Å². The van der Waals surface area contributed by atoms with Crippen molar-refractivity contribution in [3.05, 3.63) is 35.5 Å². The summed E-state index contributed by atoms with van der Waals surface area (Å²) in [5.41, 5.74) is 1.11. The largest absolute Gasteiger partial charge is 0.481 e. The highest BCUT2D eigenvalue weighted by molar-refractivity contribution is 6.01. The van der Waals surface area contributed by atoms with Crippen LogP contribution in [-0.4, -0.2) is 26.7 Å². The number of aromatic carboxylic acids is 1. The molecule has 0 radical (unpaired) electrons. The van der Waals surface area contributed by atoms with Gasteiger partial charge in [0.05, 0.1) is 5.92 Å². The zero-order valence-corrected chi connectivity index (χ0v) is 10.0. The van der Waals surface area contributed by atoms with E-state index in [1.807, 2.05) is 0 Å². The first kappa shape index (κ1) is 12.2. The zero-order chi connectivity index (χ0) is 13.4. The fourth-order valence-corrected chi connectivity index (χ4v) is 2.24. The van der Waals surface area contributed by atoms with Crippen molar-refractivity contribution < 1.29 is 19.8 Å². The monoisotopic (exact) mass is 247 g/mol. The van der Waals surface area contributed by atoms with Gasteiger partial charge in [-0.3, -0.25) is 4.79 Å². The highest BCUT2D eigenvalue weighted by Crippen LogP contribution is 2.31. The van der Waals surface area contributed by atoms with Gasteiger partial charge in [0.1, 0.15) is 5.69 Å². The van der Waals surface area contributed by atoms with Crippen LogP contribution in [0.4, 0.5) is 0 Å². The second-order valence-corrected chi connectivity index (χ2v) is 4.20. The summed E-state index contributed by atoms with van der Waals surface area (Å²) in [6.45, 7) is 1.50. The topological polar surface area (TPSA) is 79.5 Å². The summed E-state index contributed by atoms with van der Waals surface area (Å²) in [5, 5.41) is 19.0. The molecule has 0 spiro atoms. The molecule has 1 aromatic carbocycles. The molecule has 5 nitrogen and oxygen atoms in total. The van der Waals surface area contributed by atoms with Crippen molar-refractivity contribution in [2.75, 3.05) is 0 Å². The smallest absolute Gasteiger partial charge is 0.352 e. The van der Waals surface area contributed by atoms with Gasteiger partial charge in [0.25, 0.3) is 0 Å². The van der Waals surface area contributed by atoms with E-state index < -0.39 is 17.9 Å². The standard InChI is InChI=1S/C13H13NO4/c1-7(12(15)16)10-8-5-3-4-6-9(8)14(2)11(10)13(17)18/h3-7H,1-2H3,(H,15,16)(H,17,18). The molecule has 0 amide bonds. The normalized spacial score (nSPS) is 12.6. The van der Waals surface area contributed by atoms with E-state index in [1.165, 1.54) is 11.5 Å². The third-order valence-corrected chi connectivity index (χ3v) is 3.15. The minimum Gasteiger partial charge on any atom is -0.481 e. The molecule has 1 unspecified atom stereocenters. The first-order valence-corrected chi connectivity index (χ1v) is 5.48. The summed E-state index contributed by atoms with van der Waals surface area (Å²) in [6, 6.07) is 7.09. The number of rotatable bonds is 3. The molecule has 2 rings (SSSR count). The number of para-hydroxylation sites is 1. The number of aryl methyl sites for hydroxylation is 1. The molecule has 1 atom stereocenters. The van der Waals surface area contributed by atoms with Crippen LogP contribution in [0.1, 0.15) is 28.9 Å². The minimum atomic E-state index is -1.11. The lowest BCUT2D eigenvalue weighted by atomic mass is 9.97. The fraction of sp³-hybridized carbons (Fsp3) is 0.231. The number of carboxylic acid groups (broad SMARTS) is 2. The summed E-state index contributed by atoms with van der Waals surface area (Å²) >= 11 is 0. The molecule has 2 aromatic rings. The Morgan fingerprint density at radius 3 is 2.39 bits per heavy atom. The van der Waals surface area contributed by atoms with Crippen molar-refractivity contribution in [1.29, 1.82) is 0 Å². The lowest BCUT2D eigenvalue weighted by Gasteiger charge is -2.07. The number of carboxylic acids is 2. The second kappa shape index (κ2) is 4.18. The van der Waals surface area contributed by atoms with Crippen molar-refractivity contribution in [2.45, 2.75) is 12.8 Å². The number of benzene rings is 1. The molecule has 0 saturated carbocycles. The maximum atomic E-state index is 11.3. The number of aromatic nitrogens is 1. The number of fused-ring (bicyclic) bond motifs is 1. The van der Waals surface area contributed by atoms with Crippen LogP contribution in [0.3, 0.4) is 0 Å². The van der Waals surface area contributed by atoms with E-state index in [4.69, 9.17) is 5.11 Å². The Bertz CT molecular complexity index is 642. The van der Waals surface area contributed by atoms with Gasteiger partial charge in [0, 0.05) is 23.5 Å². The Morgan fingerprint density at radius 2 is 1.83 bits per heavy atom. The van der Waals surface area contributed by atoms with Gasteiger partial charge in [-0.15, -0.1) is 0 Å². The van der Waals surface area contributed by atoms with Crippen molar-refractivity contribution in [3.8, 4) is 0 Å². The number of hydrogen-bond acceptors (Lipinski definition) is 2. The second-order valence-electron chi connectivity index (χ2n) is 4.20. The van der Waals surface area contributed by atoms with Crippen molar-refractivity contribution in [1.82, 2.24) is 4.57 Å². The molecule has 1 heterocycles. The third kappa shape index (κ3) is 1.64. The molecule has 0 bridgehead atoms. The van der Waals surface area contributed by atoms with Crippen LogP contribution in [0.5, 0.6) is 0 Å². The van der Waals surface area contributed by atoms with Gasteiger partial charge in [-0.05, 0) is 13.0 Å². The molecule has 94 valence electrons. The maximum Gasteiger partial charge on any atom is 0.352 e. The lowest BCUT2D eigenvalue weighted by Crippen LogP contribution is -2.13. The van der Waals surface area contributed by atoms with Gasteiger partial charge in [0.15, 0.2) is 0 Å². The maximum absolute atomic E-state index is 11.3. The number of hydrogen-bond donors (Lipinski definition) is 2. The average Bonchev–Trinajstić information content (AvgIpc) is 2.62. The van der Waals surface area contributed by atoms with Gasteiger partial charge in [0.2, 0.25) is 0 Å². The van der Waals surface area contributed by atoms with Gasteiger partial charge in [-0.2, -0.15) is 0 Å². The van der Waals surface area contributed by atoms with E-state index in [0.29, 0.717) is 10.9 Å². The lowest BCUT2D eigenvalue weighted by molar-refractivity contribution is -0.138. The van der Waals surface area contributed by atoms with E-state index in [-0.39, 0.29) is 5.69 Å². The van der Waals surface area contributed by atoms with E-state index in [9.17, 15) is 14.7 Å². The van der Waals surface area contributed by atoms with E-state index in [0.717, 1.165) is 5.52 Å². The van der Waals surface area contributed by atoms with Crippen LogP contribution in [0.2, 0.25) is 0 Å². The van der Waals surface area contributed by atoms with Crippen molar-refractivity contribution in [3.63, 3.8) is 0 Å². The Balaban J connectivity index is 2.88. The Hall–Kier alpha value is -2.30.